The normalized spacial score (nSPS) is 12.4. The summed E-state index contributed by atoms with van der Waals surface area (Å²) in [6, 6.07) is 27.5. The van der Waals surface area contributed by atoms with E-state index in [2.05, 4.69) is 10.6 Å². The summed E-state index contributed by atoms with van der Waals surface area (Å²) in [6.45, 7) is 5.90. The standard InChI is InChI=1S/C36H42N4O4/c1-3-17-40(18-4-2)36(44)30-20-28(34(37)42)19-29(21-30)35(43)39-32(33(41)24-38-23-25-11-6-5-7-12-25)22-27-15-10-14-26-13-8-9-16-31(26)27/h5-16,19-21,32-33,38,41H,3-4,17-18,22-24H2,1-2H3,(H2,37,42)(H,39,43). The number of fused-ring (bicyclic) bond motifs is 1. The van der Waals surface area contributed by atoms with Crippen LogP contribution in [0.15, 0.2) is 91.0 Å². The predicted molar refractivity (Wildman–Crippen MR) is 175 cm³/mol. The molecule has 0 aromatic heterocycles. The van der Waals surface area contributed by atoms with Gasteiger partial charge in [-0.2, -0.15) is 0 Å². The summed E-state index contributed by atoms with van der Waals surface area (Å²) in [7, 11) is 0. The topological polar surface area (TPSA) is 125 Å². The molecule has 0 fully saturated rings. The van der Waals surface area contributed by atoms with Gasteiger partial charge in [-0.1, -0.05) is 86.6 Å². The molecule has 4 rings (SSSR count). The number of carbonyl (C=O) groups excluding carboxylic acids is 3. The molecule has 0 aliphatic carbocycles. The number of carbonyl (C=O) groups is 3. The number of hydrogen-bond donors (Lipinski definition) is 4. The lowest BCUT2D eigenvalue weighted by molar-refractivity contribution is 0.0755. The summed E-state index contributed by atoms with van der Waals surface area (Å²) in [5.74, 6) is -1.50. The molecule has 2 unspecified atom stereocenters. The lowest BCUT2D eigenvalue weighted by atomic mass is 9.95. The van der Waals surface area contributed by atoms with Gasteiger partial charge in [0, 0.05) is 42.9 Å². The maximum absolute atomic E-state index is 13.8. The van der Waals surface area contributed by atoms with Crippen molar-refractivity contribution in [2.75, 3.05) is 19.6 Å². The molecule has 0 bridgehead atoms. The number of nitrogens with zero attached hydrogens (tertiary/aromatic N) is 1. The Morgan fingerprint density at radius 2 is 1.45 bits per heavy atom. The first-order valence-corrected chi connectivity index (χ1v) is 15.2. The minimum atomic E-state index is -0.938. The number of aliphatic hydroxyl groups is 1. The van der Waals surface area contributed by atoms with Crippen molar-refractivity contribution in [3.05, 3.63) is 119 Å². The second-order valence-corrected chi connectivity index (χ2v) is 11.1. The Morgan fingerprint density at radius 3 is 2.16 bits per heavy atom. The highest BCUT2D eigenvalue weighted by molar-refractivity contribution is 6.04. The van der Waals surface area contributed by atoms with Crippen molar-refractivity contribution in [1.29, 1.82) is 0 Å². The Kier molecular flexibility index (Phi) is 11.6. The van der Waals surface area contributed by atoms with Crippen LogP contribution in [0.5, 0.6) is 0 Å². The number of aliphatic hydroxyl groups excluding tert-OH is 1. The minimum Gasteiger partial charge on any atom is -0.390 e. The number of primary amides is 1. The van der Waals surface area contributed by atoms with Crippen molar-refractivity contribution < 1.29 is 19.5 Å². The fourth-order valence-electron chi connectivity index (χ4n) is 5.41. The first-order chi connectivity index (χ1) is 21.3. The van der Waals surface area contributed by atoms with Gasteiger partial charge in [-0.15, -0.1) is 0 Å². The first-order valence-electron chi connectivity index (χ1n) is 15.2. The van der Waals surface area contributed by atoms with E-state index < -0.39 is 24.0 Å². The van der Waals surface area contributed by atoms with Gasteiger partial charge in [-0.3, -0.25) is 14.4 Å². The second-order valence-electron chi connectivity index (χ2n) is 11.1. The number of amides is 3. The largest absolute Gasteiger partial charge is 0.390 e. The monoisotopic (exact) mass is 594 g/mol. The molecule has 0 aliphatic heterocycles. The molecule has 3 amide bonds. The van der Waals surface area contributed by atoms with Gasteiger partial charge in [-0.25, -0.2) is 0 Å². The summed E-state index contributed by atoms with van der Waals surface area (Å²) in [6.07, 6.45) is 0.983. The van der Waals surface area contributed by atoms with Crippen LogP contribution in [0.3, 0.4) is 0 Å². The van der Waals surface area contributed by atoms with Crippen molar-refractivity contribution in [3.63, 3.8) is 0 Å². The Morgan fingerprint density at radius 1 is 0.818 bits per heavy atom. The number of rotatable bonds is 15. The molecule has 5 N–H and O–H groups in total. The molecule has 8 nitrogen and oxygen atoms in total. The van der Waals surface area contributed by atoms with Crippen molar-refractivity contribution >= 4 is 28.5 Å². The summed E-state index contributed by atoms with van der Waals surface area (Å²) in [5, 5.41) is 19.8. The average molecular weight is 595 g/mol. The van der Waals surface area contributed by atoms with Crippen LogP contribution < -0.4 is 16.4 Å². The summed E-state index contributed by atoms with van der Waals surface area (Å²) >= 11 is 0. The van der Waals surface area contributed by atoms with Crippen LogP contribution in [0.25, 0.3) is 10.8 Å². The minimum absolute atomic E-state index is 0.0737. The Balaban J connectivity index is 1.62. The zero-order valence-electron chi connectivity index (χ0n) is 25.5. The van der Waals surface area contributed by atoms with Gasteiger partial charge in [0.05, 0.1) is 12.1 Å². The third kappa shape index (κ3) is 8.52. The number of nitrogens with two attached hydrogens (primary N) is 1. The van der Waals surface area contributed by atoms with E-state index in [1.54, 1.807) is 4.90 Å². The molecule has 0 heterocycles. The van der Waals surface area contributed by atoms with E-state index in [1.165, 1.54) is 18.2 Å². The van der Waals surface area contributed by atoms with E-state index in [0.717, 1.165) is 34.7 Å². The fourth-order valence-corrected chi connectivity index (χ4v) is 5.41. The molecule has 2 atom stereocenters. The zero-order chi connectivity index (χ0) is 31.5. The quantitative estimate of drug-likeness (QED) is 0.159. The molecule has 0 radical (unpaired) electrons. The van der Waals surface area contributed by atoms with Crippen molar-refractivity contribution in [2.24, 2.45) is 5.73 Å². The second kappa shape index (κ2) is 15.8. The van der Waals surface area contributed by atoms with E-state index in [9.17, 15) is 19.5 Å². The number of benzene rings is 4. The molecule has 8 heteroatoms. The van der Waals surface area contributed by atoms with E-state index in [1.807, 2.05) is 86.6 Å². The van der Waals surface area contributed by atoms with E-state index in [0.29, 0.717) is 26.1 Å². The average Bonchev–Trinajstić information content (AvgIpc) is 3.04. The SMILES string of the molecule is CCCN(CCC)C(=O)c1cc(C(N)=O)cc(C(=O)NC(Cc2cccc3ccccc23)C(O)CNCc2ccccc2)c1. The molecule has 44 heavy (non-hydrogen) atoms. The maximum atomic E-state index is 13.8. The first kappa shape index (κ1) is 32.4. The summed E-state index contributed by atoms with van der Waals surface area (Å²) < 4.78 is 0. The molecule has 0 spiro atoms. The fraction of sp³-hybridized carbons (Fsp3) is 0.306. The van der Waals surface area contributed by atoms with Gasteiger partial charge in [0.2, 0.25) is 5.91 Å². The molecular weight excluding hydrogens is 552 g/mol. The highest BCUT2D eigenvalue weighted by atomic mass is 16.3. The van der Waals surface area contributed by atoms with Gasteiger partial charge in [0.15, 0.2) is 0 Å². The van der Waals surface area contributed by atoms with Crippen LogP contribution in [0, 0.1) is 0 Å². The molecule has 4 aromatic rings. The maximum Gasteiger partial charge on any atom is 0.253 e. The third-order valence-electron chi connectivity index (χ3n) is 7.63. The lowest BCUT2D eigenvalue weighted by Crippen LogP contribution is -2.48. The van der Waals surface area contributed by atoms with Crippen LogP contribution in [0.4, 0.5) is 0 Å². The van der Waals surface area contributed by atoms with Crippen molar-refractivity contribution in [3.8, 4) is 0 Å². The number of hydrogen-bond acceptors (Lipinski definition) is 5. The lowest BCUT2D eigenvalue weighted by Gasteiger charge is -2.26. The van der Waals surface area contributed by atoms with Gasteiger partial charge < -0.3 is 26.4 Å². The van der Waals surface area contributed by atoms with E-state index >= 15 is 0 Å². The van der Waals surface area contributed by atoms with Crippen LogP contribution in [0.1, 0.15) is 68.9 Å². The summed E-state index contributed by atoms with van der Waals surface area (Å²) in [5.41, 5.74) is 8.10. The van der Waals surface area contributed by atoms with Gasteiger partial charge in [-0.05, 0) is 59.4 Å². The van der Waals surface area contributed by atoms with Gasteiger partial charge >= 0.3 is 0 Å². The predicted octanol–water partition coefficient (Wildman–Crippen LogP) is 4.69. The highest BCUT2D eigenvalue weighted by Crippen LogP contribution is 2.21. The highest BCUT2D eigenvalue weighted by Gasteiger charge is 2.25. The van der Waals surface area contributed by atoms with Crippen molar-refractivity contribution in [2.45, 2.75) is 51.8 Å². The summed E-state index contributed by atoms with van der Waals surface area (Å²) in [4.78, 5) is 41.1. The Hall–Kier alpha value is -4.53. The van der Waals surface area contributed by atoms with E-state index in [-0.39, 0.29) is 29.1 Å². The van der Waals surface area contributed by atoms with Crippen LogP contribution >= 0.6 is 0 Å². The van der Waals surface area contributed by atoms with Gasteiger partial charge in [0.25, 0.3) is 11.8 Å². The van der Waals surface area contributed by atoms with E-state index in [4.69, 9.17) is 5.73 Å². The Labute approximate surface area is 259 Å². The van der Waals surface area contributed by atoms with Crippen molar-refractivity contribution in [1.82, 2.24) is 15.5 Å². The van der Waals surface area contributed by atoms with Crippen LogP contribution in [-0.4, -0.2) is 59.5 Å². The molecular formula is C36H42N4O4. The number of nitrogens with one attached hydrogen (secondary N) is 2. The Bertz CT molecular complexity index is 1560. The zero-order valence-corrected chi connectivity index (χ0v) is 25.5. The molecule has 0 saturated heterocycles. The molecule has 0 aliphatic rings. The molecule has 0 saturated carbocycles. The van der Waals surface area contributed by atoms with Crippen LogP contribution in [-0.2, 0) is 13.0 Å². The van der Waals surface area contributed by atoms with Crippen LogP contribution in [0.2, 0.25) is 0 Å². The third-order valence-corrected chi connectivity index (χ3v) is 7.63. The smallest absolute Gasteiger partial charge is 0.253 e. The molecule has 230 valence electrons. The molecule has 4 aromatic carbocycles. The van der Waals surface area contributed by atoms with Gasteiger partial charge in [0.1, 0.15) is 0 Å².